The Morgan fingerprint density at radius 3 is 2.88 bits per heavy atom. The molecule has 3 heteroatoms. The molecule has 0 saturated carbocycles. The van der Waals surface area contributed by atoms with Gasteiger partial charge >= 0.3 is 0 Å². The number of rotatable bonds is 3. The number of alkyl halides is 1. The first-order valence-corrected chi connectivity index (χ1v) is 6.49. The van der Waals surface area contributed by atoms with E-state index < -0.39 is 0 Å². The molecule has 1 aromatic rings. The average Bonchev–Trinajstić information content (AvgIpc) is 2.61. The Kier molecular flexibility index (Phi) is 3.78. The third-order valence-corrected chi connectivity index (χ3v) is 4.31. The first-order chi connectivity index (χ1) is 7.66. The van der Waals surface area contributed by atoms with E-state index in [0.29, 0.717) is 5.88 Å². The van der Waals surface area contributed by atoms with Crippen molar-refractivity contribution in [2.45, 2.75) is 25.9 Å². The molecule has 2 rings (SSSR count). The molecule has 2 unspecified atom stereocenters. The summed E-state index contributed by atoms with van der Waals surface area (Å²) in [6.07, 6.45) is 2.20. The maximum atomic E-state index is 6.14. The summed E-state index contributed by atoms with van der Waals surface area (Å²) in [4.78, 5) is 0. The van der Waals surface area contributed by atoms with Crippen LogP contribution in [0.25, 0.3) is 0 Å². The Morgan fingerprint density at radius 2 is 2.31 bits per heavy atom. The molecule has 88 valence electrons. The van der Waals surface area contributed by atoms with Crippen LogP contribution in [0.4, 0.5) is 0 Å². The van der Waals surface area contributed by atoms with E-state index in [2.05, 4.69) is 13.0 Å². The van der Waals surface area contributed by atoms with Gasteiger partial charge in [-0.05, 0) is 37.5 Å². The van der Waals surface area contributed by atoms with E-state index in [4.69, 9.17) is 27.9 Å². The van der Waals surface area contributed by atoms with Gasteiger partial charge in [0.05, 0.1) is 6.10 Å². The van der Waals surface area contributed by atoms with Gasteiger partial charge in [0.25, 0.3) is 0 Å². The van der Waals surface area contributed by atoms with Crippen LogP contribution in [-0.2, 0) is 11.2 Å². The fraction of sp³-hybridized carbons (Fsp3) is 0.538. The summed E-state index contributed by atoms with van der Waals surface area (Å²) >= 11 is 12.1. The third kappa shape index (κ3) is 2.37. The molecule has 0 spiro atoms. The minimum absolute atomic E-state index is 0.0756. The summed E-state index contributed by atoms with van der Waals surface area (Å²) in [5, 5.41) is 0.786. The molecule has 1 heterocycles. The van der Waals surface area contributed by atoms with Crippen LogP contribution in [0.15, 0.2) is 24.3 Å². The van der Waals surface area contributed by atoms with Crippen molar-refractivity contribution in [3.8, 4) is 0 Å². The lowest BCUT2D eigenvalue weighted by Crippen LogP contribution is -2.33. The quantitative estimate of drug-likeness (QED) is 0.747. The topological polar surface area (TPSA) is 9.23 Å². The Hall–Kier alpha value is -0.240. The maximum absolute atomic E-state index is 6.14. The summed E-state index contributed by atoms with van der Waals surface area (Å²) in [7, 11) is 0. The molecule has 0 amide bonds. The van der Waals surface area contributed by atoms with E-state index in [0.717, 1.165) is 24.5 Å². The van der Waals surface area contributed by atoms with Gasteiger partial charge in [-0.3, -0.25) is 0 Å². The molecule has 1 aliphatic rings. The zero-order valence-corrected chi connectivity index (χ0v) is 10.9. The predicted molar refractivity (Wildman–Crippen MR) is 68.3 cm³/mol. The Labute approximate surface area is 107 Å². The highest BCUT2D eigenvalue weighted by Crippen LogP contribution is 2.39. The first kappa shape index (κ1) is 12.2. The van der Waals surface area contributed by atoms with E-state index in [-0.39, 0.29) is 11.5 Å². The SMILES string of the molecule is CC1OCCC1(CCl)Cc1cccc(Cl)c1. The van der Waals surface area contributed by atoms with Crippen molar-refractivity contribution < 1.29 is 4.74 Å². The predicted octanol–water partition coefficient (Wildman–Crippen LogP) is 3.92. The van der Waals surface area contributed by atoms with Crippen molar-refractivity contribution in [1.29, 1.82) is 0 Å². The molecule has 0 aliphatic carbocycles. The lowest BCUT2D eigenvalue weighted by Gasteiger charge is -2.30. The highest BCUT2D eigenvalue weighted by Gasteiger charge is 2.40. The molecule has 0 bridgehead atoms. The average molecular weight is 259 g/mol. The Morgan fingerprint density at radius 1 is 1.50 bits per heavy atom. The second-order valence-corrected chi connectivity index (χ2v) is 5.27. The highest BCUT2D eigenvalue weighted by molar-refractivity contribution is 6.30. The molecular formula is C13H16Cl2O. The number of halogens is 2. The lowest BCUT2D eigenvalue weighted by atomic mass is 9.78. The normalized spacial score (nSPS) is 29.6. The summed E-state index contributed by atoms with van der Waals surface area (Å²) < 4.78 is 5.64. The van der Waals surface area contributed by atoms with Crippen LogP contribution in [0, 0.1) is 5.41 Å². The van der Waals surface area contributed by atoms with Gasteiger partial charge in [-0.15, -0.1) is 11.6 Å². The second-order valence-electron chi connectivity index (χ2n) is 4.57. The van der Waals surface area contributed by atoms with Gasteiger partial charge in [0.1, 0.15) is 0 Å². The molecular weight excluding hydrogens is 243 g/mol. The van der Waals surface area contributed by atoms with Gasteiger partial charge in [-0.1, -0.05) is 23.7 Å². The summed E-state index contributed by atoms with van der Waals surface area (Å²) in [6, 6.07) is 8.00. The van der Waals surface area contributed by atoms with Crippen molar-refractivity contribution >= 4 is 23.2 Å². The smallest absolute Gasteiger partial charge is 0.0618 e. The van der Waals surface area contributed by atoms with Gasteiger partial charge in [-0.25, -0.2) is 0 Å². The van der Waals surface area contributed by atoms with Gasteiger partial charge in [0, 0.05) is 22.9 Å². The minimum Gasteiger partial charge on any atom is -0.378 e. The zero-order chi connectivity index (χ0) is 11.6. The zero-order valence-electron chi connectivity index (χ0n) is 9.38. The molecule has 0 N–H and O–H groups in total. The molecule has 0 aromatic heterocycles. The van der Waals surface area contributed by atoms with Crippen LogP contribution in [0.2, 0.25) is 5.02 Å². The van der Waals surface area contributed by atoms with Crippen molar-refractivity contribution in [1.82, 2.24) is 0 Å². The molecule has 1 saturated heterocycles. The number of hydrogen-bond acceptors (Lipinski definition) is 1. The van der Waals surface area contributed by atoms with Crippen molar-refractivity contribution in [3.63, 3.8) is 0 Å². The summed E-state index contributed by atoms with van der Waals surface area (Å²) in [5.41, 5.74) is 1.32. The number of benzene rings is 1. The fourth-order valence-corrected chi connectivity index (χ4v) is 2.99. The molecule has 1 fully saturated rings. The maximum Gasteiger partial charge on any atom is 0.0618 e. The van der Waals surface area contributed by atoms with E-state index in [9.17, 15) is 0 Å². The molecule has 0 radical (unpaired) electrons. The van der Waals surface area contributed by atoms with E-state index in [1.54, 1.807) is 0 Å². The van der Waals surface area contributed by atoms with Crippen LogP contribution >= 0.6 is 23.2 Å². The van der Waals surface area contributed by atoms with Crippen molar-refractivity contribution in [2.75, 3.05) is 12.5 Å². The first-order valence-electron chi connectivity index (χ1n) is 5.58. The van der Waals surface area contributed by atoms with Crippen molar-refractivity contribution in [2.24, 2.45) is 5.41 Å². The highest BCUT2D eigenvalue weighted by atomic mass is 35.5. The second kappa shape index (κ2) is 4.95. The van der Waals surface area contributed by atoms with Crippen LogP contribution in [0.1, 0.15) is 18.9 Å². The van der Waals surface area contributed by atoms with Gasteiger partial charge in [-0.2, -0.15) is 0 Å². The molecule has 16 heavy (non-hydrogen) atoms. The number of ether oxygens (including phenoxy) is 1. The summed E-state index contributed by atoms with van der Waals surface area (Å²) in [5.74, 6) is 0.640. The van der Waals surface area contributed by atoms with Crippen LogP contribution < -0.4 is 0 Å². The standard InChI is InChI=1S/C13H16Cl2O/c1-10-13(9-14,5-6-16-10)8-11-3-2-4-12(15)7-11/h2-4,7,10H,5-6,8-9H2,1H3. The molecule has 1 aromatic carbocycles. The Bertz CT molecular complexity index is 367. The van der Waals surface area contributed by atoms with Gasteiger partial charge in [0.15, 0.2) is 0 Å². The number of hydrogen-bond donors (Lipinski definition) is 0. The van der Waals surface area contributed by atoms with Crippen LogP contribution in [-0.4, -0.2) is 18.6 Å². The Balaban J connectivity index is 2.18. The van der Waals surface area contributed by atoms with Gasteiger partial charge < -0.3 is 4.74 Å². The molecule has 1 nitrogen and oxygen atoms in total. The van der Waals surface area contributed by atoms with Crippen LogP contribution in [0.3, 0.4) is 0 Å². The van der Waals surface area contributed by atoms with E-state index >= 15 is 0 Å². The fourth-order valence-electron chi connectivity index (χ4n) is 2.33. The van der Waals surface area contributed by atoms with Crippen molar-refractivity contribution in [3.05, 3.63) is 34.9 Å². The minimum atomic E-state index is 0.0756. The van der Waals surface area contributed by atoms with Gasteiger partial charge in [0.2, 0.25) is 0 Å². The van der Waals surface area contributed by atoms with E-state index in [1.807, 2.05) is 18.2 Å². The molecule has 2 atom stereocenters. The lowest BCUT2D eigenvalue weighted by molar-refractivity contribution is 0.0735. The van der Waals surface area contributed by atoms with Crippen LogP contribution in [0.5, 0.6) is 0 Å². The molecule has 1 aliphatic heterocycles. The third-order valence-electron chi connectivity index (χ3n) is 3.54. The van der Waals surface area contributed by atoms with E-state index in [1.165, 1.54) is 5.56 Å². The monoisotopic (exact) mass is 258 g/mol. The summed E-state index contributed by atoms with van der Waals surface area (Å²) in [6.45, 7) is 2.92. The largest absolute Gasteiger partial charge is 0.378 e.